The normalized spacial score (nSPS) is 21.9. The van der Waals surface area contributed by atoms with Crippen LogP contribution >= 0.6 is 0 Å². The van der Waals surface area contributed by atoms with E-state index in [4.69, 9.17) is 0 Å². The van der Waals surface area contributed by atoms with Crippen LogP contribution in [0.4, 0.5) is 0 Å². The van der Waals surface area contributed by atoms with Crippen molar-refractivity contribution in [3.05, 3.63) is 30.3 Å². The summed E-state index contributed by atoms with van der Waals surface area (Å²) in [5.41, 5.74) is 0. The molecule has 1 fully saturated rings. The average Bonchev–Trinajstić information content (AvgIpc) is 2.66. The van der Waals surface area contributed by atoms with Crippen molar-refractivity contribution in [2.45, 2.75) is 29.4 Å². The second-order valence-electron chi connectivity index (χ2n) is 3.71. The summed E-state index contributed by atoms with van der Waals surface area (Å²) in [6.45, 7) is 0. The van der Waals surface area contributed by atoms with Gasteiger partial charge in [0.15, 0.2) is 15.6 Å². The Morgan fingerprint density at radius 2 is 1.80 bits per heavy atom. The van der Waals surface area contributed by atoms with Crippen LogP contribution in [0.25, 0.3) is 0 Å². The van der Waals surface area contributed by atoms with Crippen molar-refractivity contribution in [3.63, 3.8) is 0 Å². The highest BCUT2D eigenvalue weighted by molar-refractivity contribution is 7.92. The molecule has 0 radical (unpaired) electrons. The molecule has 0 unspecified atom stereocenters. The first-order valence-electron chi connectivity index (χ1n) is 4.94. The predicted octanol–water partition coefficient (Wildman–Crippen LogP) is 1.58. The molecule has 0 amide bonds. The molecule has 0 bridgehead atoms. The van der Waals surface area contributed by atoms with Crippen LogP contribution in [0.2, 0.25) is 0 Å². The number of rotatable bonds is 2. The monoisotopic (exact) mass is 224 g/mol. The van der Waals surface area contributed by atoms with Crippen LogP contribution in [0.1, 0.15) is 19.3 Å². The van der Waals surface area contributed by atoms with E-state index in [-0.39, 0.29) is 10.7 Å². The van der Waals surface area contributed by atoms with Crippen LogP contribution in [0.15, 0.2) is 35.2 Å². The molecule has 0 spiro atoms. The van der Waals surface area contributed by atoms with Gasteiger partial charge >= 0.3 is 0 Å². The molecule has 0 saturated heterocycles. The smallest absolute Gasteiger partial charge is 0.188 e. The number of sulfone groups is 1. The molecule has 4 heteroatoms. The van der Waals surface area contributed by atoms with E-state index in [9.17, 15) is 13.2 Å². The first-order valence-corrected chi connectivity index (χ1v) is 6.48. The maximum Gasteiger partial charge on any atom is 0.188 e. The minimum atomic E-state index is -3.44. The van der Waals surface area contributed by atoms with Crippen LogP contribution in [0, 0.1) is 0 Å². The Balaban J connectivity index is 2.40. The van der Waals surface area contributed by atoms with Gasteiger partial charge in [-0.25, -0.2) is 8.42 Å². The van der Waals surface area contributed by atoms with E-state index in [1.54, 1.807) is 30.3 Å². The quantitative estimate of drug-likeness (QED) is 0.766. The van der Waals surface area contributed by atoms with Crippen LogP contribution < -0.4 is 0 Å². The zero-order chi connectivity index (χ0) is 10.9. The lowest BCUT2D eigenvalue weighted by Crippen LogP contribution is -2.25. The van der Waals surface area contributed by atoms with Gasteiger partial charge in [-0.2, -0.15) is 0 Å². The van der Waals surface area contributed by atoms with Crippen molar-refractivity contribution < 1.29 is 13.2 Å². The van der Waals surface area contributed by atoms with Gasteiger partial charge in [0, 0.05) is 6.42 Å². The zero-order valence-corrected chi connectivity index (χ0v) is 9.03. The Morgan fingerprint density at radius 1 is 1.13 bits per heavy atom. The summed E-state index contributed by atoms with van der Waals surface area (Å²) >= 11 is 0. The van der Waals surface area contributed by atoms with Gasteiger partial charge in [-0.15, -0.1) is 0 Å². The standard InChI is InChI=1S/C11H12O3S/c12-10-7-4-8-11(10)15(13,14)9-5-2-1-3-6-9/h1-3,5-6,11H,4,7-8H2/t11-/m1/s1. The number of carbonyl (C=O) groups is 1. The first kappa shape index (κ1) is 10.4. The summed E-state index contributed by atoms with van der Waals surface area (Å²) < 4.78 is 24.0. The fourth-order valence-electron chi connectivity index (χ4n) is 1.89. The van der Waals surface area contributed by atoms with E-state index < -0.39 is 15.1 Å². The molecule has 0 aromatic heterocycles. The summed E-state index contributed by atoms with van der Waals surface area (Å²) in [5.74, 6) is -0.140. The van der Waals surface area contributed by atoms with E-state index in [1.165, 1.54) is 0 Å². The lowest BCUT2D eigenvalue weighted by molar-refractivity contribution is -0.117. The number of hydrogen-bond acceptors (Lipinski definition) is 3. The first-order chi connectivity index (χ1) is 7.12. The molecule has 1 aliphatic rings. The highest BCUT2D eigenvalue weighted by atomic mass is 32.2. The number of carbonyl (C=O) groups excluding carboxylic acids is 1. The molecule has 80 valence electrons. The minimum Gasteiger partial charge on any atom is -0.298 e. The molecule has 2 rings (SSSR count). The summed E-state index contributed by atoms with van der Waals surface area (Å²) in [7, 11) is -3.44. The topological polar surface area (TPSA) is 51.2 Å². The minimum absolute atomic E-state index is 0.140. The Labute approximate surface area is 89.0 Å². The van der Waals surface area contributed by atoms with Crippen molar-refractivity contribution in [2.75, 3.05) is 0 Å². The second kappa shape index (κ2) is 3.77. The lowest BCUT2D eigenvalue weighted by atomic mass is 10.3. The zero-order valence-electron chi connectivity index (χ0n) is 8.22. The number of benzene rings is 1. The molecule has 0 N–H and O–H groups in total. The molecule has 1 aromatic carbocycles. The number of ketones is 1. The highest BCUT2D eigenvalue weighted by Crippen LogP contribution is 2.26. The summed E-state index contributed by atoms with van der Waals surface area (Å²) in [4.78, 5) is 11.7. The van der Waals surface area contributed by atoms with E-state index in [1.807, 2.05) is 0 Å². The van der Waals surface area contributed by atoms with E-state index in [0.29, 0.717) is 19.3 Å². The second-order valence-corrected chi connectivity index (χ2v) is 5.84. The molecular formula is C11H12O3S. The third kappa shape index (κ3) is 1.81. The van der Waals surface area contributed by atoms with Crippen LogP contribution in [0.5, 0.6) is 0 Å². The van der Waals surface area contributed by atoms with Crippen molar-refractivity contribution in [1.29, 1.82) is 0 Å². The molecule has 1 saturated carbocycles. The van der Waals surface area contributed by atoms with Crippen LogP contribution in [-0.4, -0.2) is 19.5 Å². The average molecular weight is 224 g/mol. The van der Waals surface area contributed by atoms with Gasteiger partial charge in [0.2, 0.25) is 0 Å². The molecule has 1 aromatic rings. The Bertz CT molecular complexity index is 462. The summed E-state index contributed by atoms with van der Waals surface area (Å²) in [5, 5.41) is -0.806. The van der Waals surface area contributed by atoms with Gasteiger partial charge in [0.25, 0.3) is 0 Å². The van der Waals surface area contributed by atoms with Crippen molar-refractivity contribution in [1.82, 2.24) is 0 Å². The third-order valence-corrected chi connectivity index (χ3v) is 4.87. The molecule has 0 heterocycles. The number of Topliss-reactive ketones (excluding diaryl/α,β-unsaturated/α-hetero) is 1. The van der Waals surface area contributed by atoms with Crippen molar-refractivity contribution in [3.8, 4) is 0 Å². The SMILES string of the molecule is O=C1CCC[C@H]1S(=O)(=O)c1ccccc1. The lowest BCUT2D eigenvalue weighted by Gasteiger charge is -2.09. The van der Waals surface area contributed by atoms with E-state index in [0.717, 1.165) is 0 Å². The summed E-state index contributed by atoms with van der Waals surface area (Å²) in [6, 6.07) is 8.19. The van der Waals surface area contributed by atoms with E-state index in [2.05, 4.69) is 0 Å². The van der Waals surface area contributed by atoms with Crippen molar-refractivity contribution >= 4 is 15.6 Å². The fourth-order valence-corrected chi connectivity index (χ4v) is 3.69. The maximum absolute atomic E-state index is 12.0. The number of hydrogen-bond donors (Lipinski definition) is 0. The molecule has 1 aliphatic carbocycles. The molecular weight excluding hydrogens is 212 g/mol. The van der Waals surface area contributed by atoms with Gasteiger partial charge in [-0.3, -0.25) is 4.79 Å². The van der Waals surface area contributed by atoms with Gasteiger partial charge in [-0.1, -0.05) is 18.2 Å². The van der Waals surface area contributed by atoms with E-state index >= 15 is 0 Å². The Kier molecular flexibility index (Phi) is 2.61. The molecule has 15 heavy (non-hydrogen) atoms. The largest absolute Gasteiger partial charge is 0.298 e. The molecule has 3 nitrogen and oxygen atoms in total. The highest BCUT2D eigenvalue weighted by Gasteiger charge is 2.36. The Morgan fingerprint density at radius 3 is 2.33 bits per heavy atom. The van der Waals surface area contributed by atoms with Crippen LogP contribution in [-0.2, 0) is 14.6 Å². The van der Waals surface area contributed by atoms with Gasteiger partial charge in [0.05, 0.1) is 4.90 Å². The van der Waals surface area contributed by atoms with Gasteiger partial charge in [-0.05, 0) is 25.0 Å². The van der Waals surface area contributed by atoms with Gasteiger partial charge in [0.1, 0.15) is 5.25 Å². The molecule has 1 atom stereocenters. The van der Waals surface area contributed by atoms with Crippen LogP contribution in [0.3, 0.4) is 0 Å². The predicted molar refractivity (Wildman–Crippen MR) is 56.3 cm³/mol. The maximum atomic E-state index is 12.0. The molecule has 0 aliphatic heterocycles. The fraction of sp³-hybridized carbons (Fsp3) is 0.364. The van der Waals surface area contributed by atoms with Gasteiger partial charge < -0.3 is 0 Å². The Hall–Kier alpha value is -1.16. The third-order valence-electron chi connectivity index (χ3n) is 2.69. The summed E-state index contributed by atoms with van der Waals surface area (Å²) in [6.07, 6.45) is 1.56. The van der Waals surface area contributed by atoms with Crippen molar-refractivity contribution in [2.24, 2.45) is 0 Å².